The summed E-state index contributed by atoms with van der Waals surface area (Å²) in [5, 5.41) is 11.6. The van der Waals surface area contributed by atoms with E-state index >= 15 is 0 Å². The molecule has 4 rings (SSSR count). The number of aromatic nitrogens is 3. The van der Waals surface area contributed by atoms with E-state index in [-0.39, 0.29) is 4.90 Å². The molecule has 1 spiro atoms. The van der Waals surface area contributed by atoms with Gasteiger partial charge in [-0.1, -0.05) is 17.7 Å². The zero-order chi connectivity index (χ0) is 16.5. The first kappa shape index (κ1) is 16.1. The fourth-order valence-electron chi connectivity index (χ4n) is 3.00. The lowest BCUT2D eigenvalue weighted by atomic mass is 9.62. The van der Waals surface area contributed by atoms with Crippen LogP contribution in [-0.4, -0.2) is 41.1 Å². The van der Waals surface area contributed by atoms with Crippen LogP contribution in [0.25, 0.3) is 0 Å². The van der Waals surface area contributed by atoms with Crippen LogP contribution in [0.3, 0.4) is 0 Å². The van der Waals surface area contributed by atoms with Gasteiger partial charge in [0.25, 0.3) is 10.1 Å². The second kappa shape index (κ2) is 6.03. The van der Waals surface area contributed by atoms with E-state index in [0.29, 0.717) is 11.5 Å². The summed E-state index contributed by atoms with van der Waals surface area (Å²) in [6.45, 7) is 4.24. The van der Waals surface area contributed by atoms with Crippen LogP contribution in [-0.2, 0) is 10.1 Å². The Morgan fingerprint density at radius 1 is 1.17 bits per heavy atom. The maximum absolute atomic E-state index is 10.5. The lowest BCUT2D eigenvalue weighted by molar-refractivity contribution is -0.00376. The highest BCUT2D eigenvalue weighted by atomic mass is 32.2. The van der Waals surface area contributed by atoms with Crippen molar-refractivity contribution >= 4 is 10.1 Å². The number of nitrogens with one attached hydrogen (secondary N) is 1. The van der Waals surface area contributed by atoms with Gasteiger partial charge in [0.2, 0.25) is 0 Å². The Kier molecular flexibility index (Phi) is 4.22. The van der Waals surface area contributed by atoms with Crippen LogP contribution in [0.4, 0.5) is 0 Å². The Morgan fingerprint density at radius 3 is 2.17 bits per heavy atom. The fraction of sp³-hybridized carbons (Fsp3) is 0.467. The predicted molar refractivity (Wildman–Crippen MR) is 84.6 cm³/mol. The molecule has 2 fully saturated rings. The average molecular weight is 336 g/mol. The second-order valence-electron chi connectivity index (χ2n) is 6.30. The van der Waals surface area contributed by atoms with Gasteiger partial charge < -0.3 is 5.32 Å². The van der Waals surface area contributed by atoms with Crippen molar-refractivity contribution in [2.75, 3.05) is 13.1 Å². The van der Waals surface area contributed by atoms with Crippen molar-refractivity contribution < 1.29 is 13.0 Å². The minimum absolute atomic E-state index is 0.0666. The van der Waals surface area contributed by atoms with Crippen molar-refractivity contribution in [3.05, 3.63) is 42.2 Å². The second-order valence-corrected chi connectivity index (χ2v) is 7.72. The first-order chi connectivity index (χ1) is 10.9. The molecule has 8 heteroatoms. The van der Waals surface area contributed by atoms with Gasteiger partial charge in [0.15, 0.2) is 0 Å². The molecule has 1 aromatic heterocycles. The third kappa shape index (κ3) is 3.60. The third-order valence-corrected chi connectivity index (χ3v) is 5.29. The number of hydrogen-bond acceptors (Lipinski definition) is 5. The Morgan fingerprint density at radius 2 is 1.74 bits per heavy atom. The van der Waals surface area contributed by atoms with Gasteiger partial charge in [-0.15, -0.1) is 0 Å². The van der Waals surface area contributed by atoms with Crippen LogP contribution in [0.2, 0.25) is 0 Å². The summed E-state index contributed by atoms with van der Waals surface area (Å²) in [6, 6.07) is 6.56. The summed E-state index contributed by atoms with van der Waals surface area (Å²) in [6.07, 6.45) is 6.03. The van der Waals surface area contributed by atoms with Gasteiger partial charge in [-0.05, 0) is 37.3 Å². The summed E-state index contributed by atoms with van der Waals surface area (Å²) < 4.78 is 29.6. The van der Waals surface area contributed by atoms with E-state index in [1.807, 2.05) is 11.7 Å². The molecule has 1 aromatic carbocycles. The van der Waals surface area contributed by atoms with Crippen LogP contribution in [0.5, 0.6) is 0 Å². The highest BCUT2D eigenvalue weighted by molar-refractivity contribution is 7.85. The summed E-state index contributed by atoms with van der Waals surface area (Å²) in [5.74, 6) is 0. The largest absolute Gasteiger partial charge is 0.316 e. The van der Waals surface area contributed by atoms with Crippen molar-refractivity contribution in [2.24, 2.45) is 5.41 Å². The standard InChI is InChI=1S/C8H12N4.C7H8O3S/c1-2-11-12(10-1)7-3-8(4-7)5-9-6-8;1-6-2-4-7(5-3-6)11(8,9)10/h1-2,7,9H,3-6H2;2-5H,1H3,(H,8,9,10). The Hall–Kier alpha value is -1.77. The van der Waals surface area contributed by atoms with E-state index in [1.54, 1.807) is 24.5 Å². The molecule has 0 unspecified atom stereocenters. The Bertz CT molecular complexity index is 745. The van der Waals surface area contributed by atoms with E-state index in [0.717, 1.165) is 5.56 Å². The molecule has 0 bridgehead atoms. The van der Waals surface area contributed by atoms with Crippen molar-refractivity contribution in [2.45, 2.75) is 30.7 Å². The smallest absolute Gasteiger partial charge is 0.294 e. The van der Waals surface area contributed by atoms with Crippen molar-refractivity contribution in [3.8, 4) is 0 Å². The van der Waals surface area contributed by atoms with Gasteiger partial charge in [0, 0.05) is 13.1 Å². The maximum Gasteiger partial charge on any atom is 0.294 e. The molecule has 0 atom stereocenters. The molecule has 7 nitrogen and oxygen atoms in total. The molecular weight excluding hydrogens is 316 g/mol. The third-order valence-electron chi connectivity index (χ3n) is 4.42. The lowest BCUT2D eigenvalue weighted by Crippen LogP contribution is -2.60. The van der Waals surface area contributed by atoms with Gasteiger partial charge in [-0.2, -0.15) is 23.4 Å². The van der Waals surface area contributed by atoms with E-state index in [9.17, 15) is 8.42 Å². The van der Waals surface area contributed by atoms with Gasteiger partial charge in [-0.25, -0.2) is 0 Å². The molecule has 2 N–H and O–H groups in total. The van der Waals surface area contributed by atoms with E-state index < -0.39 is 10.1 Å². The zero-order valence-corrected chi connectivity index (χ0v) is 13.7. The molecule has 1 saturated carbocycles. The van der Waals surface area contributed by atoms with Crippen LogP contribution in [0.1, 0.15) is 24.4 Å². The summed E-state index contributed by atoms with van der Waals surface area (Å²) in [4.78, 5) is 1.78. The molecule has 124 valence electrons. The van der Waals surface area contributed by atoms with Crippen LogP contribution in [0.15, 0.2) is 41.6 Å². The number of aryl methyl sites for hydroxylation is 1. The van der Waals surface area contributed by atoms with Crippen LogP contribution in [0, 0.1) is 12.3 Å². The van der Waals surface area contributed by atoms with E-state index in [4.69, 9.17) is 4.55 Å². The van der Waals surface area contributed by atoms with Gasteiger partial charge in [0.1, 0.15) is 0 Å². The molecule has 0 amide bonds. The molecule has 0 radical (unpaired) electrons. The predicted octanol–water partition coefficient (Wildman–Crippen LogP) is 1.44. The van der Waals surface area contributed by atoms with E-state index in [1.165, 1.54) is 38.1 Å². The van der Waals surface area contributed by atoms with Crippen molar-refractivity contribution in [3.63, 3.8) is 0 Å². The molecule has 1 aliphatic heterocycles. The number of hydrogen-bond donors (Lipinski definition) is 2. The number of benzene rings is 1. The van der Waals surface area contributed by atoms with Gasteiger partial charge in [0.05, 0.1) is 23.3 Å². The van der Waals surface area contributed by atoms with Crippen molar-refractivity contribution in [1.29, 1.82) is 0 Å². The quantitative estimate of drug-likeness (QED) is 0.806. The lowest BCUT2D eigenvalue weighted by Gasteiger charge is -2.53. The van der Waals surface area contributed by atoms with Crippen LogP contribution >= 0.6 is 0 Å². The highest BCUT2D eigenvalue weighted by Crippen LogP contribution is 2.50. The monoisotopic (exact) mass is 336 g/mol. The maximum atomic E-state index is 10.5. The first-order valence-corrected chi connectivity index (χ1v) is 8.93. The summed E-state index contributed by atoms with van der Waals surface area (Å²) in [5.41, 5.74) is 1.58. The highest BCUT2D eigenvalue weighted by Gasteiger charge is 2.49. The molecule has 1 saturated heterocycles. The van der Waals surface area contributed by atoms with Gasteiger partial charge in [-0.3, -0.25) is 4.55 Å². The Labute approximate surface area is 135 Å². The van der Waals surface area contributed by atoms with Crippen molar-refractivity contribution in [1.82, 2.24) is 20.3 Å². The zero-order valence-electron chi connectivity index (χ0n) is 12.9. The average Bonchev–Trinajstić information content (AvgIpc) is 2.89. The number of nitrogens with zero attached hydrogens (tertiary/aromatic N) is 3. The minimum atomic E-state index is -4.02. The molecule has 2 heterocycles. The molecule has 2 aliphatic rings. The molecular formula is C15H20N4O3S. The Balaban J connectivity index is 0.000000137. The SMILES string of the molecule is Cc1ccc(S(=O)(=O)O)cc1.c1cnn(C2CC3(CNC3)C2)n1. The normalized spacial score (nSPS) is 19.4. The number of rotatable bonds is 2. The molecule has 23 heavy (non-hydrogen) atoms. The first-order valence-electron chi connectivity index (χ1n) is 7.49. The molecule has 1 aliphatic carbocycles. The molecule has 2 aromatic rings. The minimum Gasteiger partial charge on any atom is -0.316 e. The van der Waals surface area contributed by atoms with E-state index in [2.05, 4.69) is 15.5 Å². The summed E-state index contributed by atoms with van der Waals surface area (Å²) in [7, 11) is -4.02. The van der Waals surface area contributed by atoms with Crippen LogP contribution < -0.4 is 5.32 Å². The van der Waals surface area contributed by atoms with Gasteiger partial charge >= 0.3 is 0 Å². The topological polar surface area (TPSA) is 97.1 Å². The fourth-order valence-corrected chi connectivity index (χ4v) is 3.48. The summed E-state index contributed by atoms with van der Waals surface area (Å²) >= 11 is 0.